The molecule has 1 saturated heterocycles. The van der Waals surface area contributed by atoms with Crippen molar-refractivity contribution in [3.63, 3.8) is 0 Å². The number of benzene rings is 1. The van der Waals surface area contributed by atoms with Crippen LogP contribution in [0.5, 0.6) is 0 Å². The van der Waals surface area contributed by atoms with Crippen molar-refractivity contribution in [1.82, 2.24) is 9.88 Å². The number of aliphatic hydroxyl groups is 1. The number of aliphatic hydroxyl groups excluding tert-OH is 1. The summed E-state index contributed by atoms with van der Waals surface area (Å²) in [5.41, 5.74) is 2.22. The fourth-order valence-electron chi connectivity index (χ4n) is 2.27. The molecule has 0 radical (unpaired) electrons. The molecular weight excluding hydrogens is 244 g/mol. The van der Waals surface area contributed by atoms with E-state index in [1.54, 1.807) is 11.3 Å². The summed E-state index contributed by atoms with van der Waals surface area (Å²) in [4.78, 5) is 6.93. The highest BCUT2D eigenvalue weighted by Gasteiger charge is 2.20. The highest BCUT2D eigenvalue weighted by atomic mass is 32.1. The Kier molecular flexibility index (Phi) is 3.41. The fraction of sp³-hybridized carbons (Fsp3) is 0.357. The van der Waals surface area contributed by atoms with Gasteiger partial charge in [0.25, 0.3) is 0 Å². The minimum atomic E-state index is -0.154. The number of rotatable bonds is 3. The van der Waals surface area contributed by atoms with Crippen LogP contribution in [-0.2, 0) is 6.54 Å². The van der Waals surface area contributed by atoms with Gasteiger partial charge in [0.15, 0.2) is 0 Å². The lowest BCUT2D eigenvalue weighted by molar-refractivity contribution is 0.175. The second kappa shape index (κ2) is 5.18. The van der Waals surface area contributed by atoms with Gasteiger partial charge in [-0.25, -0.2) is 4.98 Å². The molecule has 94 valence electrons. The summed E-state index contributed by atoms with van der Waals surface area (Å²) >= 11 is 1.70. The Bertz CT molecular complexity index is 512. The maximum absolute atomic E-state index is 9.50. The lowest BCUT2D eigenvalue weighted by Crippen LogP contribution is -2.21. The molecule has 1 N–H and O–H groups in total. The lowest BCUT2D eigenvalue weighted by atomic mass is 10.2. The summed E-state index contributed by atoms with van der Waals surface area (Å²) in [6, 6.07) is 10.2. The van der Waals surface area contributed by atoms with Gasteiger partial charge < -0.3 is 5.11 Å². The second-order valence-electron chi connectivity index (χ2n) is 4.67. The zero-order valence-electron chi connectivity index (χ0n) is 10.1. The van der Waals surface area contributed by atoms with E-state index in [1.165, 1.54) is 5.56 Å². The first-order valence-electron chi connectivity index (χ1n) is 6.21. The third-order valence-electron chi connectivity index (χ3n) is 3.23. The number of β-amino-alcohol motifs (C(OH)–C–C–N with tert-alkyl or cyclic N) is 1. The normalized spacial score (nSPS) is 20.4. The van der Waals surface area contributed by atoms with E-state index in [9.17, 15) is 5.11 Å². The zero-order chi connectivity index (χ0) is 12.4. The fourth-order valence-corrected chi connectivity index (χ4v) is 3.12. The van der Waals surface area contributed by atoms with E-state index < -0.39 is 0 Å². The van der Waals surface area contributed by atoms with Crippen LogP contribution in [0.25, 0.3) is 11.3 Å². The van der Waals surface area contributed by atoms with Crippen LogP contribution < -0.4 is 0 Å². The summed E-state index contributed by atoms with van der Waals surface area (Å²) in [5, 5.41) is 12.7. The predicted molar refractivity (Wildman–Crippen MR) is 73.5 cm³/mol. The maximum Gasteiger partial charge on any atom is 0.107 e. The third-order valence-corrected chi connectivity index (χ3v) is 4.06. The Morgan fingerprint density at radius 1 is 1.33 bits per heavy atom. The molecule has 0 aliphatic carbocycles. The average Bonchev–Trinajstić information content (AvgIpc) is 3.01. The first kappa shape index (κ1) is 11.8. The highest BCUT2D eigenvalue weighted by molar-refractivity contribution is 7.09. The Morgan fingerprint density at radius 2 is 2.17 bits per heavy atom. The van der Waals surface area contributed by atoms with Crippen LogP contribution >= 0.6 is 11.3 Å². The van der Waals surface area contributed by atoms with Crippen LogP contribution in [-0.4, -0.2) is 34.2 Å². The molecule has 1 atom stereocenters. The number of nitrogens with zero attached hydrogens (tertiary/aromatic N) is 2. The molecule has 1 aromatic carbocycles. The zero-order valence-corrected chi connectivity index (χ0v) is 10.9. The first-order chi connectivity index (χ1) is 8.81. The Hall–Kier alpha value is -1.23. The molecular formula is C14H16N2OS. The van der Waals surface area contributed by atoms with Crippen LogP contribution in [0.15, 0.2) is 35.7 Å². The number of hydrogen-bond donors (Lipinski definition) is 1. The molecule has 3 rings (SSSR count). The summed E-state index contributed by atoms with van der Waals surface area (Å²) in [7, 11) is 0. The summed E-state index contributed by atoms with van der Waals surface area (Å²) in [6.45, 7) is 2.61. The van der Waals surface area contributed by atoms with E-state index in [4.69, 9.17) is 0 Å². The van der Waals surface area contributed by atoms with E-state index in [0.29, 0.717) is 0 Å². The molecule has 2 heterocycles. The van der Waals surface area contributed by atoms with Crippen LogP contribution in [0.4, 0.5) is 0 Å². The van der Waals surface area contributed by atoms with Crippen molar-refractivity contribution in [2.24, 2.45) is 0 Å². The lowest BCUT2D eigenvalue weighted by Gasteiger charge is -2.12. The average molecular weight is 260 g/mol. The number of aromatic nitrogens is 1. The molecule has 1 fully saturated rings. The first-order valence-corrected chi connectivity index (χ1v) is 7.09. The highest BCUT2D eigenvalue weighted by Crippen LogP contribution is 2.23. The second-order valence-corrected chi connectivity index (χ2v) is 5.61. The SMILES string of the molecule is O[C@@H]1CCN(Cc2nc(-c3ccccc3)cs2)C1. The minimum Gasteiger partial charge on any atom is -0.392 e. The van der Waals surface area contributed by atoms with Gasteiger partial charge in [0.1, 0.15) is 5.01 Å². The Balaban J connectivity index is 1.70. The summed E-state index contributed by atoms with van der Waals surface area (Å²) in [5.74, 6) is 0. The molecule has 0 amide bonds. The van der Waals surface area contributed by atoms with Gasteiger partial charge >= 0.3 is 0 Å². The monoisotopic (exact) mass is 260 g/mol. The van der Waals surface area contributed by atoms with E-state index in [2.05, 4.69) is 27.4 Å². The quantitative estimate of drug-likeness (QED) is 0.920. The molecule has 4 heteroatoms. The standard InChI is InChI=1S/C14H16N2OS/c17-12-6-7-16(8-12)9-14-15-13(10-18-14)11-4-2-1-3-5-11/h1-5,10,12,17H,6-9H2/t12-/m1/s1. The van der Waals surface area contributed by atoms with Crippen molar-refractivity contribution in [1.29, 1.82) is 0 Å². The topological polar surface area (TPSA) is 36.4 Å². The van der Waals surface area contributed by atoms with Crippen molar-refractivity contribution in [3.8, 4) is 11.3 Å². The van der Waals surface area contributed by atoms with Gasteiger partial charge in [-0.1, -0.05) is 30.3 Å². The summed E-state index contributed by atoms with van der Waals surface area (Å²) < 4.78 is 0. The molecule has 1 aromatic heterocycles. The van der Waals surface area contributed by atoms with Crippen LogP contribution in [0.2, 0.25) is 0 Å². The molecule has 0 unspecified atom stereocenters. The molecule has 1 aliphatic heterocycles. The molecule has 2 aromatic rings. The molecule has 0 saturated carbocycles. The summed E-state index contributed by atoms with van der Waals surface area (Å²) in [6.07, 6.45) is 0.732. The van der Waals surface area contributed by atoms with E-state index in [-0.39, 0.29) is 6.10 Å². The van der Waals surface area contributed by atoms with Gasteiger partial charge in [-0.15, -0.1) is 11.3 Å². The largest absolute Gasteiger partial charge is 0.392 e. The Labute approximate surface area is 111 Å². The van der Waals surface area contributed by atoms with Crippen molar-refractivity contribution in [2.75, 3.05) is 13.1 Å². The predicted octanol–water partition coefficient (Wildman–Crippen LogP) is 2.38. The molecule has 1 aliphatic rings. The number of hydrogen-bond acceptors (Lipinski definition) is 4. The van der Waals surface area contributed by atoms with Crippen molar-refractivity contribution in [3.05, 3.63) is 40.7 Å². The van der Waals surface area contributed by atoms with Crippen molar-refractivity contribution < 1.29 is 5.11 Å². The minimum absolute atomic E-state index is 0.154. The van der Waals surface area contributed by atoms with E-state index >= 15 is 0 Å². The van der Waals surface area contributed by atoms with Gasteiger partial charge in [0.2, 0.25) is 0 Å². The molecule has 3 nitrogen and oxygen atoms in total. The van der Waals surface area contributed by atoms with Crippen LogP contribution in [0.1, 0.15) is 11.4 Å². The van der Waals surface area contributed by atoms with Crippen molar-refractivity contribution in [2.45, 2.75) is 19.1 Å². The number of thiazole rings is 1. The Morgan fingerprint density at radius 3 is 2.89 bits per heavy atom. The van der Waals surface area contributed by atoms with E-state index in [0.717, 1.165) is 36.8 Å². The molecule has 18 heavy (non-hydrogen) atoms. The van der Waals surface area contributed by atoms with Crippen LogP contribution in [0, 0.1) is 0 Å². The van der Waals surface area contributed by atoms with Gasteiger partial charge in [-0.05, 0) is 6.42 Å². The molecule has 0 bridgehead atoms. The van der Waals surface area contributed by atoms with Crippen LogP contribution in [0.3, 0.4) is 0 Å². The van der Waals surface area contributed by atoms with Gasteiger partial charge in [0, 0.05) is 24.0 Å². The molecule has 0 spiro atoms. The van der Waals surface area contributed by atoms with Gasteiger partial charge in [-0.3, -0.25) is 4.90 Å². The maximum atomic E-state index is 9.50. The van der Waals surface area contributed by atoms with Gasteiger partial charge in [0.05, 0.1) is 18.3 Å². The van der Waals surface area contributed by atoms with Gasteiger partial charge in [-0.2, -0.15) is 0 Å². The van der Waals surface area contributed by atoms with Crippen molar-refractivity contribution >= 4 is 11.3 Å². The van der Waals surface area contributed by atoms with E-state index in [1.807, 2.05) is 18.2 Å². The third kappa shape index (κ3) is 2.61. The number of likely N-dealkylation sites (tertiary alicyclic amines) is 1. The smallest absolute Gasteiger partial charge is 0.107 e.